The van der Waals surface area contributed by atoms with Crippen LogP contribution in [0.3, 0.4) is 0 Å². The standard InChI is InChI=1S/C25H22N4O3S/c1-25(2)31-15-18(32-25)14-30-17-10-8-16(9-11-17)22-20(12-26)23(28)29-24(21(22)13-27)33-19-6-4-3-5-7-19/h3-11,18H,14-15H2,1-2H3,(H2,28,29)/t18-/m0/s1. The molecule has 166 valence electrons. The van der Waals surface area contributed by atoms with Gasteiger partial charge in [0.25, 0.3) is 0 Å². The minimum absolute atomic E-state index is 0.0891. The maximum absolute atomic E-state index is 9.95. The summed E-state index contributed by atoms with van der Waals surface area (Å²) < 4.78 is 17.1. The van der Waals surface area contributed by atoms with Gasteiger partial charge in [-0.2, -0.15) is 10.5 Å². The molecule has 2 aromatic carbocycles. The Hall–Kier alpha value is -3.56. The van der Waals surface area contributed by atoms with Crippen LogP contribution in [-0.4, -0.2) is 30.1 Å². The number of hydrogen-bond acceptors (Lipinski definition) is 8. The van der Waals surface area contributed by atoms with Gasteiger partial charge in [-0.25, -0.2) is 4.98 Å². The zero-order chi connectivity index (χ0) is 23.4. The van der Waals surface area contributed by atoms with Gasteiger partial charge < -0.3 is 19.9 Å². The summed E-state index contributed by atoms with van der Waals surface area (Å²) in [4.78, 5) is 5.26. The molecule has 2 heterocycles. The molecule has 0 bridgehead atoms. The van der Waals surface area contributed by atoms with Gasteiger partial charge in [0.2, 0.25) is 0 Å². The van der Waals surface area contributed by atoms with Crippen LogP contribution in [0.1, 0.15) is 25.0 Å². The normalized spacial score (nSPS) is 16.7. The molecule has 0 saturated carbocycles. The Morgan fingerprint density at radius 2 is 1.79 bits per heavy atom. The zero-order valence-electron chi connectivity index (χ0n) is 18.2. The Labute approximate surface area is 196 Å². The zero-order valence-corrected chi connectivity index (χ0v) is 19.1. The lowest BCUT2D eigenvalue weighted by Gasteiger charge is -2.17. The lowest BCUT2D eigenvalue weighted by molar-refractivity contribution is -0.141. The van der Waals surface area contributed by atoms with Crippen LogP contribution in [0.15, 0.2) is 64.5 Å². The minimum Gasteiger partial charge on any atom is -0.491 e. The maximum atomic E-state index is 9.95. The number of anilines is 1. The van der Waals surface area contributed by atoms with Gasteiger partial charge in [0, 0.05) is 10.5 Å². The van der Waals surface area contributed by atoms with E-state index in [0.29, 0.717) is 40.7 Å². The highest BCUT2D eigenvalue weighted by molar-refractivity contribution is 7.99. The Balaban J connectivity index is 1.62. The SMILES string of the molecule is CC1(C)OC[C@H](COc2ccc(-c3c(C#N)c(N)nc(Sc4ccccc4)c3C#N)cc2)O1. The molecule has 1 aliphatic heterocycles. The Bertz CT molecular complexity index is 1230. The second-order valence-corrected chi connectivity index (χ2v) is 8.91. The number of pyridine rings is 1. The van der Waals surface area contributed by atoms with Gasteiger partial charge in [0.05, 0.1) is 12.2 Å². The van der Waals surface area contributed by atoms with E-state index in [1.165, 1.54) is 11.8 Å². The average molecular weight is 459 g/mol. The number of nitrogen functional groups attached to an aromatic ring is 1. The van der Waals surface area contributed by atoms with Crippen molar-refractivity contribution in [3.05, 3.63) is 65.7 Å². The third kappa shape index (κ3) is 5.10. The molecule has 1 saturated heterocycles. The molecule has 8 heteroatoms. The number of nitrogens with zero attached hydrogens (tertiary/aromatic N) is 3. The van der Waals surface area contributed by atoms with Crippen LogP contribution in [-0.2, 0) is 9.47 Å². The van der Waals surface area contributed by atoms with Gasteiger partial charge in [-0.05, 0) is 43.7 Å². The van der Waals surface area contributed by atoms with Gasteiger partial charge in [0.15, 0.2) is 5.79 Å². The lowest BCUT2D eigenvalue weighted by atomic mass is 9.97. The van der Waals surface area contributed by atoms with Crippen LogP contribution in [0.5, 0.6) is 5.75 Å². The number of nitrogens with two attached hydrogens (primary N) is 1. The molecule has 2 N–H and O–H groups in total. The van der Waals surface area contributed by atoms with Crippen molar-refractivity contribution < 1.29 is 14.2 Å². The molecule has 0 spiro atoms. The Morgan fingerprint density at radius 1 is 1.09 bits per heavy atom. The summed E-state index contributed by atoms with van der Waals surface area (Å²) in [7, 11) is 0. The number of ether oxygens (including phenoxy) is 3. The van der Waals surface area contributed by atoms with Crippen LogP contribution < -0.4 is 10.5 Å². The third-order valence-electron chi connectivity index (χ3n) is 5.02. The number of aromatic nitrogens is 1. The molecule has 1 fully saturated rings. The van der Waals surface area contributed by atoms with Crippen molar-refractivity contribution in [2.45, 2.75) is 35.7 Å². The van der Waals surface area contributed by atoms with Crippen molar-refractivity contribution in [2.24, 2.45) is 0 Å². The highest BCUT2D eigenvalue weighted by Crippen LogP contribution is 2.38. The first-order valence-corrected chi connectivity index (χ1v) is 11.1. The summed E-state index contributed by atoms with van der Waals surface area (Å²) in [6.07, 6.45) is -0.146. The average Bonchev–Trinajstić information content (AvgIpc) is 3.17. The lowest BCUT2D eigenvalue weighted by Crippen LogP contribution is -2.25. The van der Waals surface area contributed by atoms with E-state index in [0.717, 1.165) is 4.90 Å². The fourth-order valence-corrected chi connectivity index (χ4v) is 4.42. The van der Waals surface area contributed by atoms with Gasteiger partial charge in [-0.3, -0.25) is 0 Å². The molecule has 1 atom stereocenters. The molecule has 0 aliphatic carbocycles. The fourth-order valence-electron chi connectivity index (χ4n) is 3.51. The van der Waals surface area contributed by atoms with Gasteiger partial charge in [-0.1, -0.05) is 42.1 Å². The third-order valence-corrected chi connectivity index (χ3v) is 6.02. The van der Waals surface area contributed by atoms with Crippen LogP contribution in [0.2, 0.25) is 0 Å². The topological polar surface area (TPSA) is 114 Å². The summed E-state index contributed by atoms with van der Waals surface area (Å²) in [5.41, 5.74) is 7.74. The summed E-state index contributed by atoms with van der Waals surface area (Å²) in [5.74, 6) is 0.131. The number of benzene rings is 2. The van der Waals surface area contributed by atoms with E-state index >= 15 is 0 Å². The van der Waals surface area contributed by atoms with Crippen molar-refractivity contribution in [1.82, 2.24) is 4.98 Å². The molecule has 33 heavy (non-hydrogen) atoms. The monoisotopic (exact) mass is 458 g/mol. The van der Waals surface area contributed by atoms with E-state index in [1.807, 2.05) is 44.2 Å². The minimum atomic E-state index is -0.601. The molecular weight excluding hydrogens is 436 g/mol. The van der Waals surface area contributed by atoms with Crippen LogP contribution in [0.25, 0.3) is 11.1 Å². The molecule has 4 rings (SSSR count). The second kappa shape index (κ2) is 9.51. The first kappa shape index (κ1) is 22.6. The maximum Gasteiger partial charge on any atom is 0.163 e. The molecular formula is C25H22N4O3S. The number of hydrogen-bond donors (Lipinski definition) is 1. The van der Waals surface area contributed by atoms with Crippen molar-refractivity contribution >= 4 is 17.6 Å². The van der Waals surface area contributed by atoms with Crippen LogP contribution >= 0.6 is 11.8 Å². The molecule has 0 unspecified atom stereocenters. The molecule has 1 aliphatic rings. The van der Waals surface area contributed by atoms with E-state index in [4.69, 9.17) is 19.9 Å². The van der Waals surface area contributed by atoms with E-state index in [2.05, 4.69) is 17.1 Å². The summed E-state index contributed by atoms with van der Waals surface area (Å²) in [6.45, 7) is 4.56. The van der Waals surface area contributed by atoms with E-state index in [9.17, 15) is 10.5 Å². The number of nitriles is 2. The fraction of sp³-hybridized carbons (Fsp3) is 0.240. The first-order valence-electron chi connectivity index (χ1n) is 10.3. The first-order chi connectivity index (χ1) is 15.9. The predicted octanol–water partition coefficient (Wildman–Crippen LogP) is 4.76. The molecule has 0 radical (unpaired) electrons. The van der Waals surface area contributed by atoms with Crippen molar-refractivity contribution in [3.63, 3.8) is 0 Å². The van der Waals surface area contributed by atoms with Crippen LogP contribution in [0, 0.1) is 22.7 Å². The summed E-state index contributed by atoms with van der Waals surface area (Å²) in [6, 6.07) is 21.1. The predicted molar refractivity (Wildman–Crippen MR) is 124 cm³/mol. The highest BCUT2D eigenvalue weighted by Gasteiger charge is 2.33. The van der Waals surface area contributed by atoms with Gasteiger partial charge in [0.1, 0.15) is 47.0 Å². The Kier molecular flexibility index (Phi) is 6.52. The second-order valence-electron chi connectivity index (χ2n) is 7.85. The molecule has 3 aromatic rings. The summed E-state index contributed by atoms with van der Waals surface area (Å²) in [5, 5.41) is 20.1. The Morgan fingerprint density at radius 3 is 2.39 bits per heavy atom. The van der Waals surface area contributed by atoms with Gasteiger partial charge in [-0.15, -0.1) is 0 Å². The van der Waals surface area contributed by atoms with Gasteiger partial charge >= 0.3 is 0 Å². The van der Waals surface area contributed by atoms with E-state index in [1.54, 1.807) is 24.3 Å². The van der Waals surface area contributed by atoms with Crippen molar-refractivity contribution in [1.29, 1.82) is 10.5 Å². The highest BCUT2D eigenvalue weighted by atomic mass is 32.2. The quantitative estimate of drug-likeness (QED) is 0.562. The molecule has 0 amide bonds. The number of rotatable bonds is 6. The largest absolute Gasteiger partial charge is 0.491 e. The smallest absolute Gasteiger partial charge is 0.163 e. The van der Waals surface area contributed by atoms with E-state index in [-0.39, 0.29) is 17.5 Å². The van der Waals surface area contributed by atoms with Crippen molar-refractivity contribution in [3.8, 4) is 29.0 Å². The van der Waals surface area contributed by atoms with Crippen LogP contribution in [0.4, 0.5) is 5.82 Å². The van der Waals surface area contributed by atoms with Crippen molar-refractivity contribution in [2.75, 3.05) is 18.9 Å². The molecule has 1 aromatic heterocycles. The van der Waals surface area contributed by atoms with E-state index < -0.39 is 5.79 Å². The summed E-state index contributed by atoms with van der Waals surface area (Å²) >= 11 is 1.33. The molecule has 7 nitrogen and oxygen atoms in total.